The molecule has 0 aliphatic rings. The summed E-state index contributed by atoms with van der Waals surface area (Å²) in [6.07, 6.45) is 0.269. The molecule has 0 fully saturated rings. The Hall–Kier alpha value is -0.630. The third-order valence-electron chi connectivity index (χ3n) is 2.09. The van der Waals surface area contributed by atoms with Crippen molar-refractivity contribution in [3.8, 4) is 0 Å². The second-order valence-electron chi connectivity index (χ2n) is 3.80. The van der Waals surface area contributed by atoms with Gasteiger partial charge in [-0.2, -0.15) is 0 Å². The molecule has 0 rings (SSSR count). The first kappa shape index (κ1) is 21.7. The molecule has 8 heteroatoms. The zero-order chi connectivity index (χ0) is 14.9. The smallest absolute Gasteiger partial charge is 1.00 e. The fourth-order valence-electron chi connectivity index (χ4n) is 0.975. The third kappa shape index (κ3) is 9.30. The van der Waals surface area contributed by atoms with Gasteiger partial charge in [0.05, 0.1) is 0 Å². The number of hydrogen-bond donors (Lipinski definition) is 1. The van der Waals surface area contributed by atoms with E-state index in [4.69, 9.17) is 14.2 Å². The molecule has 0 aromatic carbocycles. The molecular formula is C12H21NaO7. The van der Waals surface area contributed by atoms with E-state index in [1.165, 1.54) is 0 Å². The molecule has 0 bridgehead atoms. The van der Waals surface area contributed by atoms with Crippen molar-refractivity contribution in [2.75, 3.05) is 13.2 Å². The summed E-state index contributed by atoms with van der Waals surface area (Å²) in [5.74, 6) is -3.97. The summed E-state index contributed by atoms with van der Waals surface area (Å²) in [5, 5.41) is 10.0. The van der Waals surface area contributed by atoms with E-state index in [-0.39, 0.29) is 50.2 Å². The van der Waals surface area contributed by atoms with Crippen LogP contribution in [0.2, 0.25) is 0 Å². The van der Waals surface area contributed by atoms with Gasteiger partial charge in [-0.05, 0) is 0 Å². The number of hydrogen-bond acceptors (Lipinski definition) is 7. The van der Waals surface area contributed by atoms with Gasteiger partial charge in [-0.3, -0.25) is 14.4 Å². The zero-order valence-electron chi connectivity index (χ0n) is 13.4. The molecule has 0 aromatic heterocycles. The first-order chi connectivity index (χ1) is 8.86. The van der Waals surface area contributed by atoms with Crippen molar-refractivity contribution in [2.45, 2.75) is 45.8 Å². The first-order valence-electron chi connectivity index (χ1n) is 6.12. The second kappa shape index (κ2) is 11.1. The minimum atomic E-state index is -2.15. The molecule has 0 saturated carbocycles. The van der Waals surface area contributed by atoms with Crippen molar-refractivity contribution in [3.63, 3.8) is 0 Å². The molecule has 0 amide bonds. The van der Waals surface area contributed by atoms with Gasteiger partial charge in [0, 0.05) is 19.3 Å². The number of carbonyl (C=O) groups is 3. The Balaban J connectivity index is -0.00000162. The van der Waals surface area contributed by atoms with E-state index in [1.807, 2.05) is 0 Å². The van der Waals surface area contributed by atoms with E-state index >= 15 is 0 Å². The van der Waals surface area contributed by atoms with Crippen molar-refractivity contribution in [2.24, 2.45) is 0 Å². The number of carbonyl (C=O) groups excluding carboxylic acids is 3. The van der Waals surface area contributed by atoms with E-state index < -0.39 is 36.9 Å². The maximum atomic E-state index is 11.2. The Labute approximate surface area is 141 Å². The van der Waals surface area contributed by atoms with Crippen molar-refractivity contribution < 1.29 is 64.7 Å². The van der Waals surface area contributed by atoms with Crippen LogP contribution in [0, 0.1) is 0 Å². The van der Waals surface area contributed by atoms with Crippen molar-refractivity contribution in [1.82, 2.24) is 0 Å². The largest absolute Gasteiger partial charge is 1.00 e. The molecule has 20 heavy (non-hydrogen) atoms. The standard InChI is InChI=1S/C12H20O7.Na.H/c1-4-9(13)17-7-12(16,19-11(15)6-3)8-18-10(14)5-2;;/h16H,4-8H2,1-3H3;;/q;+1;-1. The second-order valence-corrected chi connectivity index (χ2v) is 3.80. The summed E-state index contributed by atoms with van der Waals surface area (Å²) in [7, 11) is 0. The van der Waals surface area contributed by atoms with Gasteiger partial charge in [-0.1, -0.05) is 20.8 Å². The van der Waals surface area contributed by atoms with E-state index in [0.29, 0.717) is 0 Å². The Kier molecular flexibility index (Phi) is 12.0. The van der Waals surface area contributed by atoms with Crippen LogP contribution >= 0.6 is 0 Å². The fourth-order valence-corrected chi connectivity index (χ4v) is 0.975. The summed E-state index contributed by atoms with van der Waals surface area (Å²) in [4.78, 5) is 33.2. The number of aliphatic hydroxyl groups is 1. The number of ether oxygens (including phenoxy) is 3. The zero-order valence-corrected chi connectivity index (χ0v) is 14.4. The Morgan fingerprint density at radius 3 is 1.55 bits per heavy atom. The van der Waals surface area contributed by atoms with Gasteiger partial charge in [0.15, 0.2) is 13.2 Å². The van der Waals surface area contributed by atoms with Gasteiger partial charge in [-0.25, -0.2) is 0 Å². The predicted octanol–water partition coefficient (Wildman–Crippen LogP) is -2.35. The van der Waals surface area contributed by atoms with Crippen molar-refractivity contribution in [3.05, 3.63) is 0 Å². The summed E-state index contributed by atoms with van der Waals surface area (Å²) in [5.41, 5.74) is 0. The predicted molar refractivity (Wildman–Crippen MR) is 64.9 cm³/mol. The molecule has 0 unspecified atom stereocenters. The topological polar surface area (TPSA) is 99.1 Å². The first-order valence-corrected chi connectivity index (χ1v) is 6.12. The summed E-state index contributed by atoms with van der Waals surface area (Å²) >= 11 is 0. The molecule has 0 aliphatic heterocycles. The van der Waals surface area contributed by atoms with Gasteiger partial charge in [0.1, 0.15) is 0 Å². The van der Waals surface area contributed by atoms with Crippen LogP contribution in [0.25, 0.3) is 0 Å². The minimum absolute atomic E-state index is 0. The Bertz CT molecular complexity index is 316. The van der Waals surface area contributed by atoms with Crippen LogP contribution in [0.1, 0.15) is 41.5 Å². The van der Waals surface area contributed by atoms with Crippen LogP contribution in [-0.2, 0) is 28.6 Å². The minimum Gasteiger partial charge on any atom is -1.00 e. The maximum Gasteiger partial charge on any atom is 1.00 e. The van der Waals surface area contributed by atoms with E-state index in [1.54, 1.807) is 20.8 Å². The maximum absolute atomic E-state index is 11.2. The molecule has 0 radical (unpaired) electrons. The van der Waals surface area contributed by atoms with Crippen molar-refractivity contribution in [1.29, 1.82) is 0 Å². The summed E-state index contributed by atoms with van der Waals surface area (Å²) < 4.78 is 14.2. The molecule has 112 valence electrons. The summed E-state index contributed by atoms with van der Waals surface area (Å²) in [6, 6.07) is 0. The van der Waals surface area contributed by atoms with Gasteiger partial charge in [-0.15, -0.1) is 0 Å². The monoisotopic (exact) mass is 300 g/mol. The molecule has 0 saturated heterocycles. The van der Waals surface area contributed by atoms with E-state index in [9.17, 15) is 19.5 Å². The van der Waals surface area contributed by atoms with Crippen LogP contribution in [0.4, 0.5) is 0 Å². The van der Waals surface area contributed by atoms with Crippen LogP contribution < -0.4 is 29.6 Å². The van der Waals surface area contributed by atoms with Crippen LogP contribution in [0.3, 0.4) is 0 Å². The van der Waals surface area contributed by atoms with Crippen LogP contribution in [0.15, 0.2) is 0 Å². The molecular weight excluding hydrogens is 279 g/mol. The Morgan fingerprint density at radius 2 is 1.25 bits per heavy atom. The van der Waals surface area contributed by atoms with Gasteiger partial charge >= 0.3 is 47.5 Å². The molecule has 0 atom stereocenters. The van der Waals surface area contributed by atoms with E-state index in [0.717, 1.165) is 0 Å². The van der Waals surface area contributed by atoms with Crippen molar-refractivity contribution >= 4 is 17.9 Å². The molecule has 1 N–H and O–H groups in total. The molecule has 0 heterocycles. The average Bonchev–Trinajstić information content (AvgIpc) is 2.42. The van der Waals surface area contributed by atoms with Gasteiger partial charge in [0.25, 0.3) is 5.79 Å². The molecule has 0 aromatic rings. The average molecular weight is 300 g/mol. The molecule has 7 nitrogen and oxygen atoms in total. The third-order valence-corrected chi connectivity index (χ3v) is 2.09. The summed E-state index contributed by atoms with van der Waals surface area (Å²) in [6.45, 7) is 3.54. The van der Waals surface area contributed by atoms with Crippen LogP contribution in [-0.4, -0.2) is 42.0 Å². The number of rotatable bonds is 8. The Morgan fingerprint density at radius 1 is 0.900 bits per heavy atom. The quantitative estimate of drug-likeness (QED) is 0.232. The SMILES string of the molecule is CCC(=O)OCC(O)(COC(=O)CC)OC(=O)CC.[H-].[Na+]. The normalized spacial score (nSPS) is 10.2. The molecule has 0 spiro atoms. The fraction of sp³-hybridized carbons (Fsp3) is 0.750. The van der Waals surface area contributed by atoms with Gasteiger partial charge in [0.2, 0.25) is 0 Å². The molecule has 0 aliphatic carbocycles. The number of esters is 3. The van der Waals surface area contributed by atoms with Gasteiger partial charge < -0.3 is 20.7 Å². The van der Waals surface area contributed by atoms with Crippen LogP contribution in [0.5, 0.6) is 0 Å². The van der Waals surface area contributed by atoms with E-state index in [2.05, 4.69) is 0 Å².